The number of thiazole rings is 1. The van der Waals surface area contributed by atoms with E-state index in [2.05, 4.69) is 20.6 Å². The Hall–Kier alpha value is -2.52. The average molecular weight is 458 g/mol. The van der Waals surface area contributed by atoms with Crippen LogP contribution in [0.3, 0.4) is 0 Å². The number of hydrogen-bond donors (Lipinski definition) is 3. The molecule has 0 spiro atoms. The molecule has 2 amide bonds. The first-order valence-corrected chi connectivity index (χ1v) is 12.1. The number of likely N-dealkylation sites (tertiary alicyclic amines) is 1. The molecule has 3 N–H and O–H groups in total. The minimum atomic E-state index is -0.516. The summed E-state index contributed by atoms with van der Waals surface area (Å²) in [5.41, 5.74) is 2.06. The van der Waals surface area contributed by atoms with E-state index in [1.165, 1.54) is 11.3 Å². The number of pyridine rings is 1. The van der Waals surface area contributed by atoms with Gasteiger partial charge in [0.15, 0.2) is 5.01 Å². The van der Waals surface area contributed by atoms with Crippen LogP contribution in [-0.2, 0) is 0 Å². The Kier molecular flexibility index (Phi) is 6.48. The maximum absolute atomic E-state index is 13.4. The van der Waals surface area contributed by atoms with Crippen LogP contribution in [0.1, 0.15) is 72.3 Å². The van der Waals surface area contributed by atoms with E-state index in [1.807, 2.05) is 38.7 Å². The van der Waals surface area contributed by atoms with E-state index in [0.717, 1.165) is 36.2 Å². The summed E-state index contributed by atoms with van der Waals surface area (Å²) >= 11 is 1.21. The van der Waals surface area contributed by atoms with Gasteiger partial charge in [0.2, 0.25) is 0 Å². The van der Waals surface area contributed by atoms with Gasteiger partial charge in [-0.2, -0.15) is 0 Å². The summed E-state index contributed by atoms with van der Waals surface area (Å²) in [4.78, 5) is 37.8. The van der Waals surface area contributed by atoms with Crippen LogP contribution in [0.25, 0.3) is 10.4 Å². The van der Waals surface area contributed by atoms with Crippen molar-refractivity contribution in [3.05, 3.63) is 28.5 Å². The molecule has 8 nitrogen and oxygen atoms in total. The number of anilines is 1. The van der Waals surface area contributed by atoms with Crippen LogP contribution in [0.15, 0.2) is 12.3 Å². The fraction of sp³-hybridized carbons (Fsp3) is 0.565. The number of aliphatic hydroxyl groups is 1. The Morgan fingerprint density at radius 1 is 1.28 bits per heavy atom. The van der Waals surface area contributed by atoms with Gasteiger partial charge in [-0.25, -0.2) is 9.97 Å². The zero-order valence-electron chi connectivity index (χ0n) is 19.0. The van der Waals surface area contributed by atoms with Crippen LogP contribution >= 0.6 is 11.3 Å². The predicted molar refractivity (Wildman–Crippen MR) is 125 cm³/mol. The average Bonchev–Trinajstić information content (AvgIpc) is 3.36. The third kappa shape index (κ3) is 4.49. The molecular formula is C23H31N5O3S. The molecule has 4 rings (SSSR count). The molecular weight excluding hydrogens is 426 g/mol. The van der Waals surface area contributed by atoms with Crippen LogP contribution in [-0.4, -0.2) is 62.6 Å². The summed E-state index contributed by atoms with van der Waals surface area (Å²) in [6.45, 7) is 8.81. The minimum Gasteiger partial charge on any atom is -0.391 e. The van der Waals surface area contributed by atoms with Crippen molar-refractivity contribution >= 4 is 29.0 Å². The first kappa shape index (κ1) is 22.7. The van der Waals surface area contributed by atoms with Crippen LogP contribution in [0.4, 0.5) is 5.82 Å². The maximum atomic E-state index is 13.4. The third-order valence-corrected chi connectivity index (χ3v) is 7.27. The van der Waals surface area contributed by atoms with Crippen LogP contribution in [0.2, 0.25) is 0 Å². The molecule has 0 radical (unpaired) electrons. The Bertz CT molecular complexity index is 1020. The lowest BCUT2D eigenvalue weighted by Crippen LogP contribution is -2.50. The molecule has 32 heavy (non-hydrogen) atoms. The van der Waals surface area contributed by atoms with Crippen molar-refractivity contribution in [2.75, 3.05) is 11.9 Å². The molecule has 2 aliphatic rings. The lowest BCUT2D eigenvalue weighted by molar-refractivity contribution is 0.0447. The topological polar surface area (TPSA) is 107 Å². The Morgan fingerprint density at radius 2 is 2.06 bits per heavy atom. The van der Waals surface area contributed by atoms with Gasteiger partial charge in [0, 0.05) is 30.4 Å². The molecule has 2 unspecified atom stereocenters. The van der Waals surface area contributed by atoms with E-state index in [-0.39, 0.29) is 34.9 Å². The number of aromatic nitrogens is 2. The number of rotatable bonds is 6. The van der Waals surface area contributed by atoms with Crippen molar-refractivity contribution in [3.8, 4) is 10.4 Å². The van der Waals surface area contributed by atoms with Crippen molar-refractivity contribution in [1.29, 1.82) is 0 Å². The molecule has 0 bridgehead atoms. The molecule has 2 aromatic heterocycles. The summed E-state index contributed by atoms with van der Waals surface area (Å²) in [6.07, 6.45) is 4.60. The molecule has 0 aromatic carbocycles. The summed E-state index contributed by atoms with van der Waals surface area (Å²) in [5.74, 6) is 0.272. The predicted octanol–water partition coefficient (Wildman–Crippen LogP) is 3.21. The fourth-order valence-corrected chi connectivity index (χ4v) is 5.20. The number of hydrogen-bond acceptors (Lipinski definition) is 7. The van der Waals surface area contributed by atoms with Gasteiger partial charge in [-0.05, 0) is 65.0 Å². The number of amides is 2. The molecule has 2 aromatic rings. The lowest BCUT2D eigenvalue weighted by Gasteiger charge is -2.32. The Labute approximate surface area is 192 Å². The van der Waals surface area contributed by atoms with E-state index in [0.29, 0.717) is 23.5 Å². The highest BCUT2D eigenvalue weighted by atomic mass is 32.1. The molecule has 2 fully saturated rings. The molecule has 3 heterocycles. The lowest BCUT2D eigenvalue weighted by atomic mass is 9.89. The SMILES string of the molecule is Cc1cc(NC(C)C)ncc1-c1sc(C(=O)NC2CCC2O)nc1C(=O)N1CCC[C@@H]1C. The Balaban J connectivity index is 1.70. The number of aliphatic hydroxyl groups excluding tert-OH is 1. The van der Waals surface area contributed by atoms with Crippen LogP contribution in [0, 0.1) is 6.92 Å². The number of nitrogens with one attached hydrogen (secondary N) is 2. The van der Waals surface area contributed by atoms with E-state index in [4.69, 9.17) is 0 Å². The van der Waals surface area contributed by atoms with Gasteiger partial charge < -0.3 is 20.6 Å². The summed E-state index contributed by atoms with van der Waals surface area (Å²) in [6, 6.07) is 2.10. The second kappa shape index (κ2) is 9.15. The highest BCUT2D eigenvalue weighted by Gasteiger charge is 2.34. The van der Waals surface area contributed by atoms with Crippen molar-refractivity contribution in [2.45, 2.75) is 77.6 Å². The van der Waals surface area contributed by atoms with Gasteiger partial charge >= 0.3 is 0 Å². The summed E-state index contributed by atoms with van der Waals surface area (Å²) < 4.78 is 0. The number of carbonyl (C=O) groups excluding carboxylic acids is 2. The molecule has 1 aliphatic carbocycles. The van der Waals surface area contributed by atoms with E-state index in [9.17, 15) is 14.7 Å². The molecule has 1 saturated heterocycles. The molecule has 3 atom stereocenters. The number of aryl methyl sites for hydroxylation is 1. The van der Waals surface area contributed by atoms with Crippen molar-refractivity contribution in [3.63, 3.8) is 0 Å². The normalized spacial score (nSPS) is 22.7. The van der Waals surface area contributed by atoms with Gasteiger partial charge in [-0.1, -0.05) is 0 Å². The van der Waals surface area contributed by atoms with Gasteiger partial charge in [0.25, 0.3) is 11.8 Å². The first-order valence-electron chi connectivity index (χ1n) is 11.3. The molecule has 1 aliphatic heterocycles. The molecule has 9 heteroatoms. The highest BCUT2D eigenvalue weighted by Crippen LogP contribution is 2.35. The van der Waals surface area contributed by atoms with Crippen LogP contribution in [0.5, 0.6) is 0 Å². The quantitative estimate of drug-likeness (QED) is 0.615. The van der Waals surface area contributed by atoms with Gasteiger partial charge in [0.1, 0.15) is 11.5 Å². The molecule has 1 saturated carbocycles. The summed E-state index contributed by atoms with van der Waals surface area (Å²) in [5, 5.41) is 16.2. The second-order valence-corrected chi connectivity index (χ2v) is 10.1. The maximum Gasteiger partial charge on any atom is 0.280 e. The zero-order chi connectivity index (χ0) is 23.0. The summed E-state index contributed by atoms with van der Waals surface area (Å²) in [7, 11) is 0. The Morgan fingerprint density at radius 3 is 2.62 bits per heavy atom. The highest BCUT2D eigenvalue weighted by molar-refractivity contribution is 7.17. The van der Waals surface area contributed by atoms with Crippen molar-refractivity contribution in [2.24, 2.45) is 0 Å². The monoisotopic (exact) mass is 457 g/mol. The van der Waals surface area contributed by atoms with Gasteiger partial charge in [0.05, 0.1) is 17.0 Å². The largest absolute Gasteiger partial charge is 0.391 e. The molecule has 172 valence electrons. The standard InChI is InChI=1S/C23H31N5O3S/c1-12(2)25-18-10-13(3)15(11-24-18)20-19(23(31)28-9-5-6-14(28)4)27-22(32-20)21(30)26-16-7-8-17(16)29/h10-12,14,16-17,29H,5-9H2,1-4H3,(H,24,25)(H,26,30)/t14-,16?,17?/m0/s1. The van der Waals surface area contributed by atoms with Gasteiger partial charge in [-0.15, -0.1) is 11.3 Å². The van der Waals surface area contributed by atoms with E-state index < -0.39 is 6.10 Å². The van der Waals surface area contributed by atoms with Crippen molar-refractivity contribution in [1.82, 2.24) is 20.2 Å². The minimum absolute atomic E-state index is 0.146. The number of nitrogens with zero attached hydrogens (tertiary/aromatic N) is 3. The number of carbonyl (C=O) groups is 2. The third-order valence-electron chi connectivity index (χ3n) is 6.18. The second-order valence-electron chi connectivity index (χ2n) is 9.09. The first-order chi connectivity index (χ1) is 15.2. The van der Waals surface area contributed by atoms with Crippen molar-refractivity contribution < 1.29 is 14.7 Å². The fourth-order valence-electron chi connectivity index (χ4n) is 4.17. The van der Waals surface area contributed by atoms with E-state index in [1.54, 1.807) is 6.20 Å². The van der Waals surface area contributed by atoms with Crippen LogP contribution < -0.4 is 10.6 Å². The zero-order valence-corrected chi connectivity index (χ0v) is 19.8. The van der Waals surface area contributed by atoms with E-state index >= 15 is 0 Å². The van der Waals surface area contributed by atoms with Gasteiger partial charge in [-0.3, -0.25) is 9.59 Å². The smallest absolute Gasteiger partial charge is 0.280 e.